The number of hydrogen-bond acceptors (Lipinski definition) is 10. The van der Waals surface area contributed by atoms with Gasteiger partial charge in [0.1, 0.15) is 17.7 Å². The minimum Gasteiger partial charge on any atom is -0.455 e. The molecule has 2 N–H and O–H groups in total. The van der Waals surface area contributed by atoms with Gasteiger partial charge in [0.2, 0.25) is 17.7 Å². The monoisotopic (exact) mass is 850 g/mol. The van der Waals surface area contributed by atoms with Crippen LogP contribution in [0.3, 0.4) is 0 Å². The first kappa shape index (κ1) is 42.7. The summed E-state index contributed by atoms with van der Waals surface area (Å²) in [6.45, 7) is 11.2. The Labute approximate surface area is 343 Å². The number of likely N-dealkylation sites (tertiary alicyclic amines) is 1. The van der Waals surface area contributed by atoms with Crippen LogP contribution in [-0.4, -0.2) is 144 Å². The summed E-state index contributed by atoms with van der Waals surface area (Å²) in [7, 11) is 1.50. The largest absolute Gasteiger partial charge is 0.455 e. The molecule has 4 aliphatic heterocycles. The van der Waals surface area contributed by atoms with Crippen LogP contribution >= 0.6 is 15.9 Å². The summed E-state index contributed by atoms with van der Waals surface area (Å²) >= 11 is 3.78. The highest BCUT2D eigenvalue weighted by Crippen LogP contribution is 2.61. The molecule has 9 atom stereocenters. The molecule has 4 heterocycles. The average molecular weight is 852 g/mol. The molecule has 308 valence electrons. The number of allylic oxidation sites excluding steroid dienone is 1. The first-order valence-corrected chi connectivity index (χ1v) is 20.7. The Hall–Kier alpha value is -3.92. The second-order valence-corrected chi connectivity index (χ2v) is 16.4. The van der Waals surface area contributed by atoms with Crippen molar-refractivity contribution in [1.29, 1.82) is 0 Å². The Bertz CT molecular complexity index is 1710. The van der Waals surface area contributed by atoms with E-state index in [0.717, 1.165) is 18.7 Å². The number of aliphatic hydroxyl groups excluding tert-OH is 1. The molecule has 13 nitrogen and oxygen atoms in total. The summed E-state index contributed by atoms with van der Waals surface area (Å²) in [4.78, 5) is 63.1. The second-order valence-electron chi connectivity index (χ2n) is 15.2. The molecule has 0 aromatic heterocycles. The number of benzene rings is 2. The predicted molar refractivity (Wildman–Crippen MR) is 216 cm³/mol. The van der Waals surface area contributed by atoms with Gasteiger partial charge >= 0.3 is 5.97 Å². The third-order valence-electron chi connectivity index (χ3n) is 11.6. The molecular weight excluding hydrogens is 796 g/mol. The van der Waals surface area contributed by atoms with Gasteiger partial charge in [-0.2, -0.15) is 0 Å². The Morgan fingerprint density at radius 3 is 2.44 bits per heavy atom. The first-order chi connectivity index (χ1) is 27.7. The van der Waals surface area contributed by atoms with Crippen LogP contribution in [0.5, 0.6) is 0 Å². The van der Waals surface area contributed by atoms with E-state index in [9.17, 15) is 14.7 Å². The van der Waals surface area contributed by atoms with E-state index in [0.29, 0.717) is 38.3 Å². The number of ether oxygens (including phenoxy) is 4. The van der Waals surface area contributed by atoms with Crippen molar-refractivity contribution in [1.82, 2.24) is 20.0 Å². The molecule has 1 unspecified atom stereocenters. The van der Waals surface area contributed by atoms with E-state index in [1.54, 1.807) is 29.2 Å². The molecule has 2 aromatic carbocycles. The molecule has 2 aromatic rings. The van der Waals surface area contributed by atoms with Crippen LogP contribution in [0.4, 0.5) is 0 Å². The maximum Gasteiger partial charge on any atom is 0.313 e. The van der Waals surface area contributed by atoms with E-state index in [1.807, 2.05) is 48.5 Å². The van der Waals surface area contributed by atoms with Gasteiger partial charge in [0.25, 0.3) is 0 Å². The van der Waals surface area contributed by atoms with Gasteiger partial charge in [-0.25, -0.2) is 0 Å². The first-order valence-electron chi connectivity index (χ1n) is 19.8. The number of hydrogen-bond donors (Lipinski definition) is 2. The topological polar surface area (TPSA) is 147 Å². The van der Waals surface area contributed by atoms with Crippen molar-refractivity contribution < 1.29 is 43.2 Å². The van der Waals surface area contributed by atoms with Gasteiger partial charge < -0.3 is 39.2 Å². The molecule has 0 radical (unpaired) electrons. The van der Waals surface area contributed by atoms with Crippen molar-refractivity contribution in [2.75, 3.05) is 66.3 Å². The van der Waals surface area contributed by atoms with E-state index in [4.69, 9.17) is 18.9 Å². The Morgan fingerprint density at radius 1 is 1.09 bits per heavy atom. The van der Waals surface area contributed by atoms with Gasteiger partial charge in [-0.05, 0) is 30.4 Å². The molecule has 0 aliphatic carbocycles. The molecule has 1 spiro atoms. The van der Waals surface area contributed by atoms with Crippen molar-refractivity contribution in [3.05, 3.63) is 97.1 Å². The van der Waals surface area contributed by atoms with E-state index in [1.165, 1.54) is 12.0 Å². The number of alkyl halides is 1. The predicted octanol–water partition coefficient (Wildman–Crippen LogP) is 3.07. The zero-order chi connectivity index (χ0) is 40.5. The molecule has 6 rings (SSSR count). The number of aliphatic hydroxyl groups is 1. The number of carbonyl (C=O) groups is 4. The van der Waals surface area contributed by atoms with E-state index >= 15 is 9.59 Å². The lowest BCUT2D eigenvalue weighted by Gasteiger charge is -2.40. The van der Waals surface area contributed by atoms with E-state index in [-0.39, 0.29) is 49.1 Å². The van der Waals surface area contributed by atoms with Crippen LogP contribution in [-0.2, 0) is 44.5 Å². The third kappa shape index (κ3) is 9.21. The van der Waals surface area contributed by atoms with Gasteiger partial charge in [0.05, 0.1) is 56.5 Å². The van der Waals surface area contributed by atoms with Crippen LogP contribution in [0.2, 0.25) is 0 Å². The smallest absolute Gasteiger partial charge is 0.313 e. The fourth-order valence-electron chi connectivity index (χ4n) is 8.98. The number of amides is 3. The number of morpholine rings is 1. The van der Waals surface area contributed by atoms with Crippen molar-refractivity contribution >= 4 is 39.6 Å². The number of halogens is 1. The van der Waals surface area contributed by atoms with Gasteiger partial charge in [-0.1, -0.05) is 88.7 Å². The number of nitrogens with zero attached hydrogens (tertiary/aromatic N) is 3. The van der Waals surface area contributed by atoms with Gasteiger partial charge in [0, 0.05) is 51.1 Å². The molecular formula is C43H55BrN4O9. The lowest BCUT2D eigenvalue weighted by molar-refractivity contribution is -0.163. The summed E-state index contributed by atoms with van der Waals surface area (Å²) in [6, 6.07) is 15.9. The Morgan fingerprint density at radius 2 is 1.79 bits per heavy atom. The van der Waals surface area contributed by atoms with Crippen LogP contribution in [0.1, 0.15) is 36.5 Å². The van der Waals surface area contributed by atoms with Crippen LogP contribution in [0.15, 0.2) is 86.0 Å². The van der Waals surface area contributed by atoms with Crippen LogP contribution in [0.25, 0.3) is 0 Å². The molecule has 4 aliphatic rings. The highest BCUT2D eigenvalue weighted by Gasteiger charge is 2.77. The van der Waals surface area contributed by atoms with Crippen molar-refractivity contribution in [3.63, 3.8) is 0 Å². The molecule has 4 saturated heterocycles. The van der Waals surface area contributed by atoms with E-state index in [2.05, 4.69) is 39.3 Å². The van der Waals surface area contributed by atoms with E-state index < -0.39 is 66.3 Å². The molecule has 2 bridgehead atoms. The highest BCUT2D eigenvalue weighted by molar-refractivity contribution is 9.09. The highest BCUT2D eigenvalue weighted by atomic mass is 79.9. The normalized spacial score (nSPS) is 27.0. The van der Waals surface area contributed by atoms with Crippen molar-refractivity contribution in [2.45, 2.75) is 66.4 Å². The summed E-state index contributed by atoms with van der Waals surface area (Å²) in [6.07, 6.45) is 2.78. The minimum absolute atomic E-state index is 0.0379. The lowest BCUT2D eigenvalue weighted by atomic mass is 9.70. The summed E-state index contributed by atoms with van der Waals surface area (Å²) in [5.41, 5.74) is 0.110. The zero-order valence-corrected chi connectivity index (χ0v) is 34.2. The SMILES string of the molecule is C=CCCC(=O)N[C@H](COC)[C@H](OC(=O)[C@H]1[C@@H]2O[C@@]3(CC2Br)[C@@H]1C(=O)N([C@@H](CO)Cc1ccccc1)[C@@H]3C(=O)N(CC=C)CCN1CCOCC1)c1ccccc1. The summed E-state index contributed by atoms with van der Waals surface area (Å²) in [5, 5.41) is 14.0. The Balaban J connectivity index is 1.36. The maximum atomic E-state index is 15.1. The minimum atomic E-state index is -1.40. The van der Waals surface area contributed by atoms with Crippen molar-refractivity contribution in [3.8, 4) is 0 Å². The third-order valence-corrected chi connectivity index (χ3v) is 12.5. The number of methoxy groups -OCH3 is 1. The zero-order valence-electron chi connectivity index (χ0n) is 32.6. The van der Waals surface area contributed by atoms with Gasteiger partial charge in [-0.15, -0.1) is 13.2 Å². The maximum absolute atomic E-state index is 15.1. The number of nitrogens with one attached hydrogen (secondary N) is 1. The fourth-order valence-corrected chi connectivity index (χ4v) is 9.92. The summed E-state index contributed by atoms with van der Waals surface area (Å²) in [5.74, 6) is -3.89. The number of carbonyl (C=O) groups excluding carboxylic acids is 4. The number of fused-ring (bicyclic) bond motifs is 1. The molecule has 14 heteroatoms. The fraction of sp³-hybridized carbons (Fsp3) is 0.535. The lowest BCUT2D eigenvalue weighted by Crippen LogP contribution is -2.60. The van der Waals surface area contributed by atoms with Crippen LogP contribution < -0.4 is 5.32 Å². The summed E-state index contributed by atoms with van der Waals surface area (Å²) < 4.78 is 24.3. The second kappa shape index (κ2) is 19.7. The molecule has 0 saturated carbocycles. The van der Waals surface area contributed by atoms with Gasteiger partial charge in [-0.3, -0.25) is 24.1 Å². The average Bonchev–Trinajstić information content (AvgIpc) is 3.83. The van der Waals surface area contributed by atoms with Crippen molar-refractivity contribution in [2.24, 2.45) is 11.8 Å². The number of esters is 1. The number of rotatable bonds is 20. The molecule has 4 fully saturated rings. The quantitative estimate of drug-likeness (QED) is 0.116. The Kier molecular flexibility index (Phi) is 14.7. The van der Waals surface area contributed by atoms with Gasteiger partial charge in [0.15, 0.2) is 0 Å². The molecule has 57 heavy (non-hydrogen) atoms. The molecule has 3 amide bonds. The van der Waals surface area contributed by atoms with Crippen LogP contribution in [0, 0.1) is 11.8 Å². The standard InChI is InChI=1S/C43H55BrN4O9/c1-4-6-17-34(50)45-33(28-54-3)37(30-15-11-8-12-16-30)56-42(53)35-36-40(51)48(31(27-49)25-29-13-9-7-10-14-29)39(43(36)26-32(44)38(35)57-43)41(52)47(18-5-2)20-19-46-21-23-55-24-22-46/h4-5,7-16,31-33,35-39,49H,1-2,6,17-28H2,3H3,(H,45,50)/t31-,32?,33-,35-,36+,37-,38-,39-,43+/m1/s1.